The molecule has 0 amide bonds. The predicted molar refractivity (Wildman–Crippen MR) is 118 cm³/mol. The van der Waals surface area contributed by atoms with Crippen LogP contribution in [0.3, 0.4) is 0 Å². The summed E-state index contributed by atoms with van der Waals surface area (Å²) < 4.78 is 71.9. The molecule has 0 saturated carbocycles. The number of halogens is 6. The van der Waals surface area contributed by atoms with Gasteiger partial charge in [0.1, 0.15) is 5.84 Å². The number of alkyl halides is 3. The zero-order chi connectivity index (χ0) is 24.9. The zero-order valence-corrected chi connectivity index (χ0v) is 19.0. The first-order valence-electron chi connectivity index (χ1n) is 9.40. The van der Waals surface area contributed by atoms with E-state index in [0.717, 1.165) is 17.8 Å². The Kier molecular flexibility index (Phi) is 8.84. The van der Waals surface area contributed by atoms with E-state index in [-0.39, 0.29) is 33.6 Å². The van der Waals surface area contributed by atoms with Gasteiger partial charge in [-0.25, -0.2) is 8.78 Å². The van der Waals surface area contributed by atoms with Crippen molar-refractivity contribution in [3.05, 3.63) is 64.2 Å². The van der Waals surface area contributed by atoms with E-state index in [9.17, 15) is 26.7 Å². The monoisotopic (exact) mass is 507 g/mol. The van der Waals surface area contributed by atoms with E-state index in [0.29, 0.717) is 11.5 Å². The number of ether oxygens (including phenoxy) is 1. The third-order valence-corrected chi connectivity index (χ3v) is 5.79. The Hall–Kier alpha value is -2.66. The molecule has 1 heterocycles. The van der Waals surface area contributed by atoms with Gasteiger partial charge < -0.3 is 4.74 Å². The van der Waals surface area contributed by atoms with Crippen LogP contribution in [0.1, 0.15) is 30.2 Å². The van der Waals surface area contributed by atoms with E-state index in [4.69, 9.17) is 22.4 Å². The molecule has 1 unspecified atom stereocenters. The third-order valence-electron chi connectivity index (χ3n) is 4.27. The van der Waals surface area contributed by atoms with Crippen molar-refractivity contribution < 1.29 is 31.5 Å². The lowest BCUT2D eigenvalue weighted by atomic mass is 10.0. The number of esters is 1. The van der Waals surface area contributed by atoms with Gasteiger partial charge in [-0.05, 0) is 36.8 Å². The normalized spacial score (nSPS) is 15.7. The second-order valence-corrected chi connectivity index (χ2v) is 8.12. The average molecular weight is 508 g/mol. The molecule has 2 aromatic rings. The lowest BCUT2D eigenvalue weighted by molar-refractivity contribution is -0.140. The summed E-state index contributed by atoms with van der Waals surface area (Å²) in [5.41, 5.74) is -0.0321. The number of hydrogen-bond acceptors (Lipinski definition) is 5. The van der Waals surface area contributed by atoms with Crippen LogP contribution < -0.4 is 4.90 Å². The minimum atomic E-state index is -4.99. The Morgan fingerprint density at radius 2 is 1.91 bits per heavy atom. The highest BCUT2D eigenvalue weighted by Gasteiger charge is 2.43. The van der Waals surface area contributed by atoms with Crippen molar-refractivity contribution in [2.45, 2.75) is 25.3 Å². The molecule has 0 aromatic heterocycles. The SMILES string of the molecule is CCOC(C)=O.N=C1CSC(c2cccc(F)c2F)c2cc(Cl)ccc2N1C(=N)C(F)(F)F. The minimum Gasteiger partial charge on any atom is -0.466 e. The summed E-state index contributed by atoms with van der Waals surface area (Å²) in [4.78, 5) is 10.3. The molecule has 0 spiro atoms. The van der Waals surface area contributed by atoms with Gasteiger partial charge in [-0.3, -0.25) is 20.5 Å². The molecule has 3 rings (SSSR count). The van der Waals surface area contributed by atoms with Crippen LogP contribution >= 0.6 is 23.4 Å². The highest BCUT2D eigenvalue weighted by atomic mass is 35.5. The number of fused-ring (bicyclic) bond motifs is 1. The molecular weight excluding hydrogens is 489 g/mol. The largest absolute Gasteiger partial charge is 0.466 e. The topological polar surface area (TPSA) is 77.2 Å². The van der Waals surface area contributed by atoms with E-state index < -0.39 is 34.7 Å². The standard InChI is InChI=1S/C17H11ClF5N3S.C4H8O2/c18-8-4-5-12-10(6-8)15(9-2-1-3-11(19)14(9)20)27-7-13(24)26(12)16(25)17(21,22)23;1-3-6-4(2)5/h1-6,15,24-25H,7H2;3H2,1-2H3. The number of hydrogen-bond donors (Lipinski definition) is 2. The number of carbonyl (C=O) groups is 1. The van der Waals surface area contributed by atoms with Crippen LogP contribution in [0.15, 0.2) is 36.4 Å². The first kappa shape index (κ1) is 26.6. The zero-order valence-electron chi connectivity index (χ0n) is 17.4. The molecule has 1 aliphatic rings. The lowest BCUT2D eigenvalue weighted by Crippen LogP contribution is -2.45. The molecule has 12 heteroatoms. The molecule has 0 bridgehead atoms. The van der Waals surface area contributed by atoms with Gasteiger partial charge >= 0.3 is 12.1 Å². The number of benzene rings is 2. The maximum absolute atomic E-state index is 14.3. The quantitative estimate of drug-likeness (QED) is 0.215. The predicted octanol–water partition coefficient (Wildman–Crippen LogP) is 6.35. The molecular formula is C21H19ClF5N3O2S. The second kappa shape index (κ2) is 11.0. The van der Waals surface area contributed by atoms with Crippen molar-refractivity contribution >= 4 is 46.7 Å². The molecule has 1 aliphatic heterocycles. The summed E-state index contributed by atoms with van der Waals surface area (Å²) in [6, 6.07) is 7.46. The molecule has 0 aliphatic carbocycles. The number of nitrogens with one attached hydrogen (secondary N) is 2. The van der Waals surface area contributed by atoms with Gasteiger partial charge in [0, 0.05) is 17.5 Å². The fourth-order valence-electron chi connectivity index (χ4n) is 2.97. The summed E-state index contributed by atoms with van der Waals surface area (Å²) in [6.07, 6.45) is -4.99. The maximum atomic E-state index is 14.3. The van der Waals surface area contributed by atoms with Crippen molar-refractivity contribution in [2.75, 3.05) is 17.3 Å². The van der Waals surface area contributed by atoms with Gasteiger partial charge in [0.05, 0.1) is 23.3 Å². The van der Waals surface area contributed by atoms with Crippen molar-refractivity contribution in [2.24, 2.45) is 0 Å². The van der Waals surface area contributed by atoms with Gasteiger partial charge in [0.25, 0.3) is 0 Å². The van der Waals surface area contributed by atoms with Crippen molar-refractivity contribution in [1.29, 1.82) is 10.8 Å². The first-order chi connectivity index (χ1) is 15.4. The second-order valence-electron chi connectivity index (χ2n) is 6.59. The number of thioether (sulfide) groups is 1. The molecule has 0 saturated heterocycles. The molecule has 0 fully saturated rings. The molecule has 2 aromatic carbocycles. The average Bonchev–Trinajstić information content (AvgIpc) is 2.85. The van der Waals surface area contributed by atoms with Gasteiger partial charge in [-0.15, -0.1) is 11.8 Å². The summed E-state index contributed by atoms with van der Waals surface area (Å²) in [7, 11) is 0. The molecule has 33 heavy (non-hydrogen) atoms. The van der Waals surface area contributed by atoms with E-state index >= 15 is 0 Å². The smallest absolute Gasteiger partial charge is 0.449 e. The Morgan fingerprint density at radius 1 is 1.24 bits per heavy atom. The van der Waals surface area contributed by atoms with Crippen molar-refractivity contribution in [3.63, 3.8) is 0 Å². The van der Waals surface area contributed by atoms with Crippen LogP contribution in [0.2, 0.25) is 5.02 Å². The molecule has 0 radical (unpaired) electrons. The Labute approximate surface area is 195 Å². The Bertz CT molecular complexity index is 1060. The van der Waals surface area contributed by atoms with Crippen LogP contribution in [-0.2, 0) is 9.53 Å². The van der Waals surface area contributed by atoms with Crippen LogP contribution in [0, 0.1) is 22.5 Å². The molecule has 2 N–H and O–H groups in total. The Balaban J connectivity index is 0.000000569. The Morgan fingerprint density at radius 3 is 2.45 bits per heavy atom. The fraction of sp³-hybridized carbons (Fsp3) is 0.286. The summed E-state index contributed by atoms with van der Waals surface area (Å²) in [5.74, 6) is -4.90. The van der Waals surface area contributed by atoms with Crippen LogP contribution in [0.4, 0.5) is 27.6 Å². The molecule has 5 nitrogen and oxygen atoms in total. The summed E-state index contributed by atoms with van der Waals surface area (Å²) in [5, 5.41) is 14.8. The molecule has 1 atom stereocenters. The van der Waals surface area contributed by atoms with Crippen LogP contribution in [0.25, 0.3) is 0 Å². The minimum absolute atomic E-state index is 0.0725. The summed E-state index contributed by atoms with van der Waals surface area (Å²) >= 11 is 6.94. The van der Waals surface area contributed by atoms with Crippen molar-refractivity contribution in [1.82, 2.24) is 0 Å². The van der Waals surface area contributed by atoms with Gasteiger partial charge in [0.15, 0.2) is 11.6 Å². The van der Waals surface area contributed by atoms with Gasteiger partial charge in [0.2, 0.25) is 5.84 Å². The number of amidine groups is 2. The highest BCUT2D eigenvalue weighted by Crippen LogP contribution is 2.46. The van der Waals surface area contributed by atoms with E-state index in [1.165, 1.54) is 37.3 Å². The third kappa shape index (κ3) is 6.44. The fourth-order valence-corrected chi connectivity index (χ4v) is 4.33. The first-order valence-corrected chi connectivity index (χ1v) is 10.8. The lowest BCUT2D eigenvalue weighted by Gasteiger charge is -2.27. The van der Waals surface area contributed by atoms with Crippen LogP contribution in [-0.4, -0.2) is 36.2 Å². The summed E-state index contributed by atoms with van der Waals surface area (Å²) in [6.45, 7) is 3.65. The van der Waals surface area contributed by atoms with Crippen LogP contribution in [0.5, 0.6) is 0 Å². The van der Waals surface area contributed by atoms with Crippen molar-refractivity contribution in [3.8, 4) is 0 Å². The number of carbonyl (C=O) groups excluding carboxylic acids is 1. The van der Waals surface area contributed by atoms with Gasteiger partial charge in [-0.1, -0.05) is 23.7 Å². The van der Waals surface area contributed by atoms with E-state index in [1.54, 1.807) is 6.92 Å². The number of anilines is 1. The highest BCUT2D eigenvalue weighted by molar-refractivity contribution is 8.00. The number of rotatable bonds is 2. The molecule has 178 valence electrons. The number of nitrogens with zero attached hydrogens (tertiary/aromatic N) is 1. The maximum Gasteiger partial charge on any atom is 0.449 e. The van der Waals surface area contributed by atoms with E-state index in [1.807, 2.05) is 0 Å². The van der Waals surface area contributed by atoms with E-state index in [2.05, 4.69) is 4.74 Å². The van der Waals surface area contributed by atoms with Gasteiger partial charge in [-0.2, -0.15) is 13.2 Å².